The Morgan fingerprint density at radius 2 is 2.03 bits per heavy atom. The summed E-state index contributed by atoms with van der Waals surface area (Å²) in [7, 11) is 0. The highest BCUT2D eigenvalue weighted by Crippen LogP contribution is 2.31. The third-order valence-corrected chi connectivity index (χ3v) is 4.74. The molecule has 1 fully saturated rings. The number of carbonyl (C=O) groups excluding carboxylic acids is 2. The average molecular weight is 406 g/mol. The first-order chi connectivity index (χ1) is 13.8. The van der Waals surface area contributed by atoms with Crippen LogP contribution in [0.5, 0.6) is 0 Å². The van der Waals surface area contributed by atoms with E-state index in [-0.39, 0.29) is 42.5 Å². The van der Waals surface area contributed by atoms with Crippen LogP contribution in [0.15, 0.2) is 29.1 Å². The minimum atomic E-state index is -1.28. The summed E-state index contributed by atoms with van der Waals surface area (Å²) in [6.07, 6.45) is -1.33. The fraction of sp³-hybridized carbons (Fsp3) is 0.368. The third kappa shape index (κ3) is 4.48. The van der Waals surface area contributed by atoms with Crippen molar-refractivity contribution in [1.82, 2.24) is 20.2 Å². The van der Waals surface area contributed by atoms with E-state index in [1.54, 1.807) is 0 Å². The average Bonchev–Trinajstić information content (AvgIpc) is 3.09. The number of aliphatic hydroxyl groups is 1. The first kappa shape index (κ1) is 20.6. The Kier molecular flexibility index (Phi) is 6.02. The number of alkyl halides is 1. The van der Waals surface area contributed by atoms with Gasteiger partial charge in [0.05, 0.1) is 24.8 Å². The third-order valence-electron chi connectivity index (χ3n) is 4.74. The fourth-order valence-electron chi connectivity index (χ4n) is 3.27. The molecule has 0 saturated carbocycles. The Balaban J connectivity index is 1.89. The van der Waals surface area contributed by atoms with E-state index in [9.17, 15) is 28.3 Å². The number of nitrogens with one attached hydrogen (secondary N) is 2. The molecule has 0 radical (unpaired) electrons. The van der Waals surface area contributed by atoms with Gasteiger partial charge >= 0.3 is 0 Å². The summed E-state index contributed by atoms with van der Waals surface area (Å²) in [5, 5.41) is 12.1. The zero-order valence-corrected chi connectivity index (χ0v) is 15.6. The molecule has 3 rings (SSSR count). The van der Waals surface area contributed by atoms with E-state index in [2.05, 4.69) is 15.3 Å². The van der Waals surface area contributed by atoms with Crippen LogP contribution in [-0.4, -0.2) is 44.5 Å². The van der Waals surface area contributed by atoms with Gasteiger partial charge in [-0.1, -0.05) is 12.1 Å². The zero-order chi connectivity index (χ0) is 21.1. The second-order valence-corrected chi connectivity index (χ2v) is 6.77. The molecule has 1 aliphatic heterocycles. The lowest BCUT2D eigenvalue weighted by molar-refractivity contribution is -0.130. The number of hydrogen-bond donors (Lipinski definition) is 3. The number of carbonyl (C=O) groups is 2. The van der Waals surface area contributed by atoms with Gasteiger partial charge in [0, 0.05) is 19.9 Å². The number of rotatable bonds is 5. The van der Waals surface area contributed by atoms with Crippen LogP contribution in [0.2, 0.25) is 0 Å². The number of aromatic amines is 1. The molecule has 0 bridgehead atoms. The van der Waals surface area contributed by atoms with Crippen molar-refractivity contribution < 1.29 is 23.5 Å². The summed E-state index contributed by atoms with van der Waals surface area (Å²) in [6, 6.07) is 4.65. The number of aliphatic hydroxyl groups excluding tert-OH is 1. The first-order valence-electron chi connectivity index (χ1n) is 8.98. The van der Waals surface area contributed by atoms with Crippen LogP contribution < -0.4 is 10.9 Å². The van der Waals surface area contributed by atoms with Crippen LogP contribution >= 0.6 is 0 Å². The molecule has 2 aromatic rings. The molecule has 2 atom stereocenters. The van der Waals surface area contributed by atoms with Crippen molar-refractivity contribution in [3.63, 3.8) is 0 Å². The van der Waals surface area contributed by atoms with Crippen molar-refractivity contribution in [3.05, 3.63) is 63.1 Å². The molecule has 8 nitrogen and oxygen atoms in total. The predicted molar refractivity (Wildman–Crippen MR) is 98.0 cm³/mol. The highest BCUT2D eigenvalue weighted by Gasteiger charge is 2.37. The second-order valence-electron chi connectivity index (χ2n) is 6.77. The highest BCUT2D eigenvalue weighted by atomic mass is 19.1. The maximum atomic E-state index is 13.9. The second kappa shape index (κ2) is 8.48. The van der Waals surface area contributed by atoms with Gasteiger partial charge in [-0.25, -0.2) is 13.8 Å². The fourth-order valence-corrected chi connectivity index (χ4v) is 3.27. The molecule has 1 aliphatic rings. The smallest absolute Gasteiger partial charge is 0.270 e. The molecule has 3 N–H and O–H groups in total. The molecular weight excluding hydrogens is 386 g/mol. The molecule has 2 unspecified atom stereocenters. The lowest BCUT2D eigenvalue weighted by Gasteiger charge is -2.22. The van der Waals surface area contributed by atoms with Gasteiger partial charge in [0.2, 0.25) is 5.91 Å². The van der Waals surface area contributed by atoms with E-state index < -0.39 is 36.1 Å². The van der Waals surface area contributed by atoms with Crippen molar-refractivity contribution in [3.8, 4) is 0 Å². The van der Waals surface area contributed by atoms with Gasteiger partial charge < -0.3 is 20.3 Å². The SMILES string of the molecule is CC(=O)N1CC(F)CC1c1nc(C(=O)NCc2ccc(F)cc2)c(CO)c(=O)[nH]1. The summed E-state index contributed by atoms with van der Waals surface area (Å²) >= 11 is 0. The van der Waals surface area contributed by atoms with E-state index in [1.165, 1.54) is 36.1 Å². The molecule has 0 aliphatic carbocycles. The Morgan fingerprint density at radius 1 is 1.34 bits per heavy atom. The highest BCUT2D eigenvalue weighted by molar-refractivity contribution is 5.93. The van der Waals surface area contributed by atoms with Crippen LogP contribution in [0.4, 0.5) is 8.78 Å². The van der Waals surface area contributed by atoms with Gasteiger partial charge in [0.1, 0.15) is 23.5 Å². The van der Waals surface area contributed by atoms with E-state index in [0.29, 0.717) is 5.56 Å². The Labute approximate surface area is 164 Å². The van der Waals surface area contributed by atoms with Gasteiger partial charge in [-0.2, -0.15) is 0 Å². The maximum absolute atomic E-state index is 13.9. The normalized spacial score (nSPS) is 18.7. The quantitative estimate of drug-likeness (QED) is 0.684. The molecule has 1 aromatic heterocycles. The van der Waals surface area contributed by atoms with E-state index >= 15 is 0 Å². The molecule has 0 spiro atoms. The largest absolute Gasteiger partial charge is 0.391 e. The number of H-pyrrole nitrogens is 1. The van der Waals surface area contributed by atoms with Crippen LogP contribution in [0.25, 0.3) is 0 Å². The molecule has 2 amide bonds. The predicted octanol–water partition coefficient (Wildman–Crippen LogP) is 0.963. The lowest BCUT2D eigenvalue weighted by atomic mass is 10.1. The molecule has 1 aromatic carbocycles. The maximum Gasteiger partial charge on any atom is 0.270 e. The summed E-state index contributed by atoms with van der Waals surface area (Å²) in [4.78, 5) is 44.5. The monoisotopic (exact) mass is 406 g/mol. The zero-order valence-electron chi connectivity index (χ0n) is 15.6. The standard InChI is InChI=1S/C19H20F2N4O4/c1-10(27)25-8-13(21)6-15(25)17-23-16(14(9-26)18(28)24-17)19(29)22-7-11-2-4-12(20)5-3-11/h2-5,13,15,26H,6-9H2,1H3,(H,22,29)(H,23,24,28). The van der Waals surface area contributed by atoms with Crippen molar-refractivity contribution in [2.45, 2.75) is 38.7 Å². The van der Waals surface area contributed by atoms with Gasteiger partial charge in [-0.05, 0) is 17.7 Å². The number of benzene rings is 1. The van der Waals surface area contributed by atoms with Crippen molar-refractivity contribution in [2.75, 3.05) is 6.54 Å². The molecular formula is C19H20F2N4O4. The topological polar surface area (TPSA) is 115 Å². The minimum Gasteiger partial charge on any atom is -0.391 e. The minimum absolute atomic E-state index is 0.0190. The van der Waals surface area contributed by atoms with Crippen LogP contribution in [0.3, 0.4) is 0 Å². The summed E-state index contributed by atoms with van der Waals surface area (Å²) < 4.78 is 26.8. The van der Waals surface area contributed by atoms with Gasteiger partial charge in [-0.3, -0.25) is 14.4 Å². The molecule has 1 saturated heterocycles. The molecule has 10 heteroatoms. The molecule has 29 heavy (non-hydrogen) atoms. The van der Waals surface area contributed by atoms with E-state index in [1.807, 2.05) is 0 Å². The van der Waals surface area contributed by atoms with Gasteiger partial charge in [0.15, 0.2) is 0 Å². The van der Waals surface area contributed by atoms with Crippen molar-refractivity contribution in [2.24, 2.45) is 0 Å². The first-order valence-corrected chi connectivity index (χ1v) is 8.98. The number of halogens is 2. The Bertz CT molecular complexity index is 977. The number of likely N-dealkylation sites (tertiary alicyclic amines) is 1. The van der Waals surface area contributed by atoms with Crippen LogP contribution in [-0.2, 0) is 17.9 Å². The number of amides is 2. The summed E-state index contributed by atoms with van der Waals surface area (Å²) in [5.74, 6) is -1.54. The molecule has 2 heterocycles. The number of hydrogen-bond acceptors (Lipinski definition) is 5. The van der Waals surface area contributed by atoms with Crippen LogP contribution in [0, 0.1) is 5.82 Å². The summed E-state index contributed by atoms with van der Waals surface area (Å²) in [5.41, 5.74) is -0.668. The van der Waals surface area contributed by atoms with Gasteiger partial charge in [0.25, 0.3) is 11.5 Å². The van der Waals surface area contributed by atoms with Gasteiger partial charge in [-0.15, -0.1) is 0 Å². The Morgan fingerprint density at radius 3 is 2.66 bits per heavy atom. The molecule has 154 valence electrons. The number of aromatic nitrogens is 2. The van der Waals surface area contributed by atoms with Crippen LogP contribution in [0.1, 0.15) is 46.8 Å². The van der Waals surface area contributed by atoms with Crippen molar-refractivity contribution >= 4 is 11.8 Å². The lowest BCUT2D eigenvalue weighted by Crippen LogP contribution is -2.34. The summed E-state index contributed by atoms with van der Waals surface area (Å²) in [6.45, 7) is 0.469. The van der Waals surface area contributed by atoms with E-state index in [0.717, 1.165) is 0 Å². The number of nitrogens with zero attached hydrogens (tertiary/aromatic N) is 2. The Hall–Kier alpha value is -3.14. The van der Waals surface area contributed by atoms with Crippen molar-refractivity contribution in [1.29, 1.82) is 0 Å². The van der Waals surface area contributed by atoms with E-state index in [4.69, 9.17) is 0 Å².